The fourth-order valence-corrected chi connectivity index (χ4v) is 3.60. The number of aliphatic hydroxyl groups excluding tert-OH is 1. The molecule has 3 rings (SSSR count). The van der Waals surface area contributed by atoms with Crippen LogP contribution in [0.3, 0.4) is 0 Å². The van der Waals surface area contributed by atoms with Crippen molar-refractivity contribution in [2.45, 2.75) is 57.6 Å². The third-order valence-corrected chi connectivity index (χ3v) is 5.17. The zero-order chi connectivity index (χ0) is 18.5. The van der Waals surface area contributed by atoms with E-state index < -0.39 is 6.04 Å². The minimum Gasteiger partial charge on any atom is -0.494 e. The predicted octanol–water partition coefficient (Wildman–Crippen LogP) is 2.34. The second-order valence-corrected chi connectivity index (χ2v) is 7.10. The molecule has 0 unspecified atom stereocenters. The summed E-state index contributed by atoms with van der Waals surface area (Å²) in [6.45, 7) is 4.14. The standard InChI is InChI=1S/C20H28N2O4/c1-2-3-4-13-26-17-7-5-15(6-8-17)22-19(24)14-18(20(22)25)21-11-9-16(23)10-12-21/h5-8,16,18,23H,2-4,9-14H2,1H3/t18-/m0/s1. The van der Waals surface area contributed by atoms with E-state index in [1.54, 1.807) is 12.1 Å². The third kappa shape index (κ3) is 4.24. The van der Waals surface area contributed by atoms with Crippen molar-refractivity contribution in [3.05, 3.63) is 24.3 Å². The van der Waals surface area contributed by atoms with Crippen LogP contribution in [-0.2, 0) is 9.59 Å². The zero-order valence-electron chi connectivity index (χ0n) is 15.4. The molecule has 26 heavy (non-hydrogen) atoms. The van der Waals surface area contributed by atoms with E-state index in [2.05, 4.69) is 6.92 Å². The Balaban J connectivity index is 1.61. The van der Waals surface area contributed by atoms with Gasteiger partial charge < -0.3 is 9.84 Å². The number of hydrogen-bond donors (Lipinski definition) is 1. The molecule has 2 fully saturated rings. The van der Waals surface area contributed by atoms with Crippen LogP contribution in [0.1, 0.15) is 45.4 Å². The molecule has 2 heterocycles. The fourth-order valence-electron chi connectivity index (χ4n) is 3.60. The summed E-state index contributed by atoms with van der Waals surface area (Å²) >= 11 is 0. The molecule has 0 spiro atoms. The SMILES string of the molecule is CCCCCOc1ccc(N2C(=O)C[C@H](N3CCC(O)CC3)C2=O)cc1. The van der Waals surface area contributed by atoms with E-state index in [-0.39, 0.29) is 24.3 Å². The maximum atomic E-state index is 12.8. The van der Waals surface area contributed by atoms with Gasteiger partial charge >= 0.3 is 0 Å². The summed E-state index contributed by atoms with van der Waals surface area (Å²) in [6.07, 6.45) is 4.55. The first-order chi connectivity index (χ1) is 12.6. The van der Waals surface area contributed by atoms with Crippen molar-refractivity contribution < 1.29 is 19.4 Å². The number of rotatable bonds is 7. The van der Waals surface area contributed by atoms with Crippen molar-refractivity contribution in [2.75, 3.05) is 24.6 Å². The van der Waals surface area contributed by atoms with E-state index in [1.807, 2.05) is 17.0 Å². The highest BCUT2D eigenvalue weighted by molar-refractivity contribution is 6.22. The van der Waals surface area contributed by atoms with Crippen LogP contribution in [0, 0.1) is 0 Å². The summed E-state index contributed by atoms with van der Waals surface area (Å²) in [5.41, 5.74) is 0.598. The number of piperidine rings is 1. The van der Waals surface area contributed by atoms with Gasteiger partial charge in [0.2, 0.25) is 5.91 Å². The molecule has 142 valence electrons. The van der Waals surface area contributed by atoms with Crippen molar-refractivity contribution in [2.24, 2.45) is 0 Å². The average molecular weight is 360 g/mol. The molecular formula is C20H28N2O4. The first-order valence-corrected chi connectivity index (χ1v) is 9.62. The Morgan fingerprint density at radius 2 is 1.81 bits per heavy atom. The second-order valence-electron chi connectivity index (χ2n) is 7.10. The number of carbonyl (C=O) groups excluding carboxylic acids is 2. The van der Waals surface area contributed by atoms with Gasteiger partial charge in [-0.15, -0.1) is 0 Å². The summed E-state index contributed by atoms with van der Waals surface area (Å²) in [4.78, 5) is 28.5. The predicted molar refractivity (Wildman–Crippen MR) is 99.2 cm³/mol. The number of ether oxygens (including phenoxy) is 1. The maximum Gasteiger partial charge on any atom is 0.251 e. The summed E-state index contributed by atoms with van der Waals surface area (Å²) in [5.74, 6) is 0.427. The molecule has 1 aromatic carbocycles. The summed E-state index contributed by atoms with van der Waals surface area (Å²) in [5, 5.41) is 9.63. The smallest absolute Gasteiger partial charge is 0.251 e. The zero-order valence-corrected chi connectivity index (χ0v) is 15.4. The van der Waals surface area contributed by atoms with Crippen molar-refractivity contribution in [1.82, 2.24) is 4.90 Å². The van der Waals surface area contributed by atoms with E-state index in [9.17, 15) is 14.7 Å². The molecule has 0 aromatic heterocycles. The number of unbranched alkanes of at least 4 members (excludes halogenated alkanes) is 2. The van der Waals surface area contributed by atoms with Crippen molar-refractivity contribution in [3.63, 3.8) is 0 Å². The van der Waals surface area contributed by atoms with Gasteiger partial charge in [0.25, 0.3) is 5.91 Å². The molecule has 0 radical (unpaired) electrons. The van der Waals surface area contributed by atoms with Crippen molar-refractivity contribution in [3.8, 4) is 5.75 Å². The van der Waals surface area contributed by atoms with Crippen LogP contribution in [0.15, 0.2) is 24.3 Å². The van der Waals surface area contributed by atoms with Gasteiger partial charge in [-0.3, -0.25) is 14.5 Å². The molecule has 1 N–H and O–H groups in total. The van der Waals surface area contributed by atoms with Crippen LogP contribution in [0.25, 0.3) is 0 Å². The van der Waals surface area contributed by atoms with Crippen LogP contribution in [0.2, 0.25) is 0 Å². The van der Waals surface area contributed by atoms with Gasteiger partial charge in [0.1, 0.15) is 5.75 Å². The molecule has 2 aliphatic heterocycles. The molecule has 0 saturated carbocycles. The molecule has 6 nitrogen and oxygen atoms in total. The maximum absolute atomic E-state index is 12.8. The number of imide groups is 1. The Hall–Kier alpha value is -1.92. The second kappa shape index (κ2) is 8.64. The summed E-state index contributed by atoms with van der Waals surface area (Å²) in [6, 6.07) is 6.76. The quantitative estimate of drug-likeness (QED) is 0.597. The molecule has 0 bridgehead atoms. The monoisotopic (exact) mass is 360 g/mol. The van der Waals surface area contributed by atoms with Crippen LogP contribution in [0.5, 0.6) is 5.75 Å². The topological polar surface area (TPSA) is 70.1 Å². The van der Waals surface area contributed by atoms with E-state index in [1.165, 1.54) is 4.90 Å². The largest absolute Gasteiger partial charge is 0.494 e. The van der Waals surface area contributed by atoms with Crippen LogP contribution >= 0.6 is 0 Å². The van der Waals surface area contributed by atoms with Crippen LogP contribution < -0.4 is 9.64 Å². The van der Waals surface area contributed by atoms with Gasteiger partial charge in [0.15, 0.2) is 0 Å². The van der Waals surface area contributed by atoms with Gasteiger partial charge in [0.05, 0.1) is 30.9 Å². The van der Waals surface area contributed by atoms with Crippen molar-refractivity contribution in [1.29, 1.82) is 0 Å². The number of hydrogen-bond acceptors (Lipinski definition) is 5. The highest BCUT2D eigenvalue weighted by atomic mass is 16.5. The van der Waals surface area contributed by atoms with E-state index in [0.717, 1.165) is 25.0 Å². The number of benzene rings is 1. The number of carbonyl (C=O) groups is 2. The Morgan fingerprint density at radius 3 is 2.46 bits per heavy atom. The fraction of sp³-hybridized carbons (Fsp3) is 0.600. The van der Waals surface area contributed by atoms with Crippen LogP contribution in [-0.4, -0.2) is 53.7 Å². The summed E-state index contributed by atoms with van der Waals surface area (Å²) < 4.78 is 5.69. The molecule has 1 aromatic rings. The van der Waals surface area contributed by atoms with Crippen molar-refractivity contribution >= 4 is 17.5 Å². The van der Waals surface area contributed by atoms with Gasteiger partial charge in [0, 0.05) is 13.1 Å². The highest BCUT2D eigenvalue weighted by Crippen LogP contribution is 2.28. The van der Waals surface area contributed by atoms with Crippen LogP contribution in [0.4, 0.5) is 5.69 Å². The average Bonchev–Trinajstić information content (AvgIpc) is 2.94. The molecule has 1 atom stereocenters. The van der Waals surface area contributed by atoms with Gasteiger partial charge in [-0.1, -0.05) is 19.8 Å². The minimum atomic E-state index is -0.403. The molecular weight excluding hydrogens is 332 g/mol. The Morgan fingerprint density at radius 1 is 1.12 bits per heavy atom. The van der Waals surface area contributed by atoms with Gasteiger partial charge in [-0.2, -0.15) is 0 Å². The Labute approximate surface area is 154 Å². The first kappa shape index (κ1) is 18.9. The highest BCUT2D eigenvalue weighted by Gasteiger charge is 2.43. The number of aliphatic hydroxyl groups is 1. The lowest BCUT2D eigenvalue weighted by molar-refractivity contribution is -0.123. The van der Waals surface area contributed by atoms with E-state index >= 15 is 0 Å². The lowest BCUT2D eigenvalue weighted by Gasteiger charge is -2.32. The van der Waals surface area contributed by atoms with Gasteiger partial charge in [-0.05, 0) is 43.5 Å². The lowest BCUT2D eigenvalue weighted by Crippen LogP contribution is -2.46. The minimum absolute atomic E-state index is 0.164. The Bertz CT molecular complexity index is 623. The normalized spacial score (nSPS) is 22.2. The number of anilines is 1. The molecule has 2 saturated heterocycles. The molecule has 0 aliphatic carbocycles. The van der Waals surface area contributed by atoms with E-state index in [0.29, 0.717) is 38.2 Å². The number of likely N-dealkylation sites (tertiary alicyclic amines) is 1. The van der Waals surface area contributed by atoms with Gasteiger partial charge in [-0.25, -0.2) is 4.90 Å². The third-order valence-electron chi connectivity index (χ3n) is 5.17. The number of nitrogens with zero attached hydrogens (tertiary/aromatic N) is 2. The number of amides is 2. The Kier molecular flexibility index (Phi) is 6.27. The molecule has 6 heteroatoms. The first-order valence-electron chi connectivity index (χ1n) is 9.62. The lowest BCUT2D eigenvalue weighted by atomic mass is 10.1. The molecule has 2 amide bonds. The summed E-state index contributed by atoms with van der Waals surface area (Å²) in [7, 11) is 0. The molecule has 2 aliphatic rings. The van der Waals surface area contributed by atoms with E-state index in [4.69, 9.17) is 4.74 Å².